The monoisotopic (exact) mass is 513 g/mol. The van der Waals surface area contributed by atoms with Crippen molar-refractivity contribution in [1.82, 2.24) is 19.8 Å². The third kappa shape index (κ3) is 8.19. The van der Waals surface area contributed by atoms with Gasteiger partial charge in [0.1, 0.15) is 12.2 Å². The summed E-state index contributed by atoms with van der Waals surface area (Å²) in [5.41, 5.74) is 4.21. The van der Waals surface area contributed by atoms with Crippen molar-refractivity contribution in [3.05, 3.63) is 53.0 Å². The molecular weight excluding hydrogens is 487 g/mol. The summed E-state index contributed by atoms with van der Waals surface area (Å²) in [6.07, 6.45) is 0.0402. The number of halogens is 3. The van der Waals surface area contributed by atoms with Gasteiger partial charge in [0.2, 0.25) is 5.82 Å². The summed E-state index contributed by atoms with van der Waals surface area (Å²) in [6.45, 7) is 3.06. The van der Waals surface area contributed by atoms with Gasteiger partial charge in [-0.15, -0.1) is 5.10 Å². The number of aromatic nitrogens is 2. The highest BCUT2D eigenvalue weighted by atomic mass is 19.4. The van der Waals surface area contributed by atoms with Crippen molar-refractivity contribution in [1.29, 1.82) is 5.41 Å². The van der Waals surface area contributed by atoms with E-state index in [1.54, 1.807) is 0 Å². The third-order valence-electron chi connectivity index (χ3n) is 5.46. The average molecular weight is 514 g/mol. The van der Waals surface area contributed by atoms with E-state index in [0.717, 1.165) is 31.7 Å². The number of nitrogens with two attached hydrogens (primary N) is 1. The summed E-state index contributed by atoms with van der Waals surface area (Å²) in [5, 5.41) is 16.9. The van der Waals surface area contributed by atoms with Gasteiger partial charge in [0.25, 0.3) is 5.91 Å². The number of likely N-dealkylation sites (N-methyl/N-ethyl adjacent to an activating group) is 1. The van der Waals surface area contributed by atoms with Gasteiger partial charge in [-0.1, -0.05) is 12.0 Å². The van der Waals surface area contributed by atoms with E-state index in [9.17, 15) is 18.0 Å². The van der Waals surface area contributed by atoms with Crippen LogP contribution in [0.3, 0.4) is 0 Å². The lowest BCUT2D eigenvalue weighted by Gasteiger charge is -2.33. The number of piperazine rings is 1. The smallest absolute Gasteiger partial charge is 0.388 e. The third-order valence-corrected chi connectivity index (χ3v) is 5.46. The van der Waals surface area contributed by atoms with E-state index in [-0.39, 0.29) is 29.3 Å². The fourth-order valence-corrected chi connectivity index (χ4v) is 3.46. The van der Waals surface area contributed by atoms with Crippen molar-refractivity contribution in [2.75, 3.05) is 38.5 Å². The Balaban J connectivity index is 1.75. The lowest BCUT2D eigenvalue weighted by atomic mass is 10.0. The molecular formula is C24H26F3N9O. The zero-order valence-corrected chi connectivity index (χ0v) is 20.0. The molecule has 1 amide bonds. The number of alkyl halides is 3. The summed E-state index contributed by atoms with van der Waals surface area (Å²) in [5.74, 6) is 4.03. The van der Waals surface area contributed by atoms with E-state index in [2.05, 4.69) is 42.2 Å². The van der Waals surface area contributed by atoms with E-state index in [1.165, 1.54) is 30.6 Å². The Hall–Kier alpha value is -4.15. The molecule has 0 saturated carbocycles. The zero-order valence-electron chi connectivity index (χ0n) is 20.0. The average Bonchev–Trinajstić information content (AvgIpc) is 2.87. The standard InChI is InChI=1S/C24H26F3N9O/c1-35-8-10-36(11-9-35)15-19-4-3-18(12-20(19)24(25,26)27)23(37)34-22-6-7-30-21(33-22)5-2-17(13-28)14-31-32-16-29/h3-4,6-7,12-14,16-17,28H,8-11,15H2,1H3,(H2,29,32)(H,30,33,34,37)/b28-13?,31-14-. The molecule has 1 unspecified atom stereocenters. The van der Waals surface area contributed by atoms with Gasteiger partial charge in [-0.25, -0.2) is 9.97 Å². The number of amides is 1. The Morgan fingerprint density at radius 1 is 1.27 bits per heavy atom. The molecule has 2 aromatic rings. The predicted octanol–water partition coefficient (Wildman–Crippen LogP) is 2.09. The normalized spacial score (nSPS) is 15.9. The second-order valence-corrected chi connectivity index (χ2v) is 8.16. The molecule has 3 rings (SSSR count). The van der Waals surface area contributed by atoms with Gasteiger partial charge in [-0.2, -0.15) is 18.3 Å². The van der Waals surface area contributed by atoms with Crippen molar-refractivity contribution in [2.45, 2.75) is 12.7 Å². The van der Waals surface area contributed by atoms with Gasteiger partial charge in [-0.3, -0.25) is 9.69 Å². The number of hydrogen-bond donors (Lipinski definition) is 3. The number of carbonyl (C=O) groups excluding carboxylic acids is 1. The lowest BCUT2D eigenvalue weighted by molar-refractivity contribution is -0.138. The number of carbonyl (C=O) groups is 1. The summed E-state index contributed by atoms with van der Waals surface area (Å²) < 4.78 is 41.5. The maximum Gasteiger partial charge on any atom is 0.416 e. The molecule has 1 aliphatic rings. The minimum Gasteiger partial charge on any atom is -0.388 e. The Morgan fingerprint density at radius 3 is 2.70 bits per heavy atom. The highest BCUT2D eigenvalue weighted by Crippen LogP contribution is 2.33. The Morgan fingerprint density at radius 2 is 2.03 bits per heavy atom. The molecule has 1 saturated heterocycles. The molecule has 0 spiro atoms. The minimum atomic E-state index is -4.61. The van der Waals surface area contributed by atoms with Crippen molar-refractivity contribution >= 4 is 30.5 Å². The molecule has 37 heavy (non-hydrogen) atoms. The quantitative estimate of drug-likeness (QED) is 0.225. The Bertz CT molecular complexity index is 1230. The fraction of sp³-hybridized carbons (Fsp3) is 0.333. The molecule has 1 aromatic carbocycles. The first kappa shape index (κ1) is 27.4. The molecule has 4 N–H and O–H groups in total. The van der Waals surface area contributed by atoms with Crippen LogP contribution in [0.25, 0.3) is 0 Å². The van der Waals surface area contributed by atoms with Crippen molar-refractivity contribution < 1.29 is 18.0 Å². The topological polar surface area (TPSA) is 136 Å². The highest BCUT2D eigenvalue weighted by Gasteiger charge is 2.34. The number of benzene rings is 1. The summed E-state index contributed by atoms with van der Waals surface area (Å²) in [6, 6.07) is 4.97. The van der Waals surface area contributed by atoms with Crippen molar-refractivity contribution in [3.63, 3.8) is 0 Å². The van der Waals surface area contributed by atoms with Gasteiger partial charge in [0.15, 0.2) is 0 Å². The molecule has 1 aliphatic heterocycles. The molecule has 0 radical (unpaired) electrons. The van der Waals surface area contributed by atoms with Crippen LogP contribution in [0.1, 0.15) is 27.3 Å². The summed E-state index contributed by atoms with van der Waals surface area (Å²) in [7, 11) is 1.97. The lowest BCUT2D eigenvalue weighted by Crippen LogP contribution is -2.44. The Kier molecular flexibility index (Phi) is 9.42. The molecule has 1 atom stereocenters. The number of nitrogens with one attached hydrogen (secondary N) is 2. The van der Waals surface area contributed by atoms with E-state index in [1.807, 2.05) is 11.9 Å². The van der Waals surface area contributed by atoms with Crippen LogP contribution < -0.4 is 11.1 Å². The van der Waals surface area contributed by atoms with Crippen LogP contribution in [0.15, 0.2) is 40.7 Å². The summed E-state index contributed by atoms with van der Waals surface area (Å²) in [4.78, 5) is 24.9. The van der Waals surface area contributed by atoms with Crippen LogP contribution >= 0.6 is 0 Å². The maximum atomic E-state index is 13.8. The minimum absolute atomic E-state index is 0.0406. The van der Waals surface area contributed by atoms with Crippen LogP contribution in [0.4, 0.5) is 19.0 Å². The molecule has 0 bridgehead atoms. The zero-order chi connectivity index (χ0) is 26.8. The van der Waals surface area contributed by atoms with Crippen molar-refractivity contribution in [2.24, 2.45) is 21.9 Å². The van der Waals surface area contributed by atoms with Crippen molar-refractivity contribution in [3.8, 4) is 11.8 Å². The number of hydrogen-bond acceptors (Lipinski definition) is 8. The molecule has 194 valence electrons. The van der Waals surface area contributed by atoms with Crippen LogP contribution in [-0.2, 0) is 12.7 Å². The number of nitrogens with zero attached hydrogens (tertiary/aromatic N) is 6. The van der Waals surface area contributed by atoms with Crippen LogP contribution in [0.5, 0.6) is 0 Å². The predicted molar refractivity (Wildman–Crippen MR) is 135 cm³/mol. The van der Waals surface area contributed by atoms with E-state index < -0.39 is 23.6 Å². The van der Waals surface area contributed by atoms with E-state index in [4.69, 9.17) is 11.1 Å². The van der Waals surface area contributed by atoms with E-state index >= 15 is 0 Å². The first-order chi connectivity index (χ1) is 17.7. The van der Waals surface area contributed by atoms with Gasteiger partial charge in [0.05, 0.1) is 11.5 Å². The first-order valence-corrected chi connectivity index (χ1v) is 11.2. The van der Waals surface area contributed by atoms with Gasteiger partial charge in [0, 0.05) is 56.9 Å². The largest absolute Gasteiger partial charge is 0.416 e. The van der Waals surface area contributed by atoms with Gasteiger partial charge in [-0.05, 0) is 36.7 Å². The summed E-state index contributed by atoms with van der Waals surface area (Å²) >= 11 is 0. The number of anilines is 1. The molecule has 2 heterocycles. The van der Waals surface area contributed by atoms with Crippen LogP contribution in [0, 0.1) is 23.2 Å². The van der Waals surface area contributed by atoms with Crippen LogP contribution in [-0.4, -0.2) is 77.7 Å². The molecule has 1 fully saturated rings. The first-order valence-electron chi connectivity index (χ1n) is 11.2. The molecule has 13 heteroatoms. The van der Waals surface area contributed by atoms with Gasteiger partial charge >= 0.3 is 6.18 Å². The second-order valence-electron chi connectivity index (χ2n) is 8.16. The second kappa shape index (κ2) is 12.7. The van der Waals surface area contributed by atoms with Gasteiger partial charge < -0.3 is 21.4 Å². The molecule has 0 aliphatic carbocycles. The Labute approximate surface area is 212 Å². The fourth-order valence-electron chi connectivity index (χ4n) is 3.46. The maximum absolute atomic E-state index is 13.8. The van der Waals surface area contributed by atoms with E-state index in [0.29, 0.717) is 13.1 Å². The number of rotatable bonds is 7. The SMILES string of the molecule is CN1CCN(Cc2ccc(C(=O)Nc3ccnc(C#CC(C=N)/C=N\N=CN)n3)cc2C(F)(F)F)CC1. The van der Waals surface area contributed by atoms with Crippen LogP contribution in [0.2, 0.25) is 0 Å². The highest BCUT2D eigenvalue weighted by molar-refractivity contribution is 6.04. The molecule has 10 nitrogen and oxygen atoms in total. The molecule has 1 aromatic heterocycles.